The molecule has 102 valence electrons. The second-order valence-electron chi connectivity index (χ2n) is 4.65. The van der Waals surface area contributed by atoms with Crippen LogP contribution in [0.15, 0.2) is 22.7 Å². The van der Waals surface area contributed by atoms with Gasteiger partial charge >= 0.3 is 0 Å². The van der Waals surface area contributed by atoms with Gasteiger partial charge in [-0.25, -0.2) is 4.98 Å². The summed E-state index contributed by atoms with van der Waals surface area (Å²) >= 11 is 5.38. The highest BCUT2D eigenvalue weighted by Crippen LogP contribution is 2.29. The van der Waals surface area contributed by atoms with Crippen LogP contribution < -0.4 is 11.3 Å². The van der Waals surface area contributed by atoms with Gasteiger partial charge < -0.3 is 0 Å². The molecule has 19 heavy (non-hydrogen) atoms. The maximum absolute atomic E-state index is 5.72. The van der Waals surface area contributed by atoms with Gasteiger partial charge in [0, 0.05) is 15.8 Å². The topological polar surface area (TPSA) is 50.9 Å². The number of hydrazine groups is 1. The number of aryl methyl sites for hydroxylation is 3. The minimum atomic E-state index is 0.0687. The largest absolute Gasteiger partial charge is 0.271 e. The van der Waals surface area contributed by atoms with Gasteiger partial charge in [0.2, 0.25) is 0 Å². The lowest BCUT2D eigenvalue weighted by Gasteiger charge is -2.17. The third kappa shape index (κ3) is 3.23. The first-order chi connectivity index (χ1) is 9.02. The number of hydrogen-bond acceptors (Lipinski definition) is 4. The van der Waals surface area contributed by atoms with Crippen LogP contribution in [0.25, 0.3) is 0 Å². The van der Waals surface area contributed by atoms with Gasteiger partial charge in [0.05, 0.1) is 16.7 Å². The summed E-state index contributed by atoms with van der Waals surface area (Å²) in [5, 5.41) is 1.12. The first kappa shape index (κ1) is 14.7. The standard InChI is InChI=1S/C14H18BrN3S/c1-8-5-4-6-11(14(8)15)12(18-16)7-13-17-9(2)10(3)19-13/h4-6,12,18H,7,16H2,1-3H3. The monoisotopic (exact) mass is 339 g/mol. The highest BCUT2D eigenvalue weighted by atomic mass is 79.9. The summed E-state index contributed by atoms with van der Waals surface area (Å²) in [7, 11) is 0. The average molecular weight is 340 g/mol. The van der Waals surface area contributed by atoms with Crippen LogP contribution in [-0.2, 0) is 6.42 Å². The van der Waals surface area contributed by atoms with Crippen molar-refractivity contribution >= 4 is 27.3 Å². The van der Waals surface area contributed by atoms with Crippen molar-refractivity contribution in [2.75, 3.05) is 0 Å². The van der Waals surface area contributed by atoms with Crippen LogP contribution in [0.2, 0.25) is 0 Å². The van der Waals surface area contributed by atoms with Crippen molar-refractivity contribution in [3.63, 3.8) is 0 Å². The van der Waals surface area contributed by atoms with E-state index in [-0.39, 0.29) is 6.04 Å². The van der Waals surface area contributed by atoms with Crippen LogP contribution in [0.1, 0.15) is 32.7 Å². The minimum Gasteiger partial charge on any atom is -0.271 e. The van der Waals surface area contributed by atoms with Gasteiger partial charge in [-0.15, -0.1) is 11.3 Å². The van der Waals surface area contributed by atoms with Crippen molar-refractivity contribution in [3.8, 4) is 0 Å². The summed E-state index contributed by atoms with van der Waals surface area (Å²) < 4.78 is 1.11. The maximum atomic E-state index is 5.72. The molecular formula is C14H18BrN3S. The molecule has 0 aliphatic carbocycles. The highest BCUT2D eigenvalue weighted by Gasteiger charge is 2.17. The number of nitrogens with two attached hydrogens (primary N) is 1. The number of rotatable bonds is 4. The Balaban J connectivity index is 2.27. The molecule has 3 N–H and O–H groups in total. The molecular weight excluding hydrogens is 322 g/mol. The van der Waals surface area contributed by atoms with E-state index in [1.54, 1.807) is 11.3 Å². The molecule has 0 fully saturated rings. The Kier molecular flexibility index (Phi) is 4.73. The van der Waals surface area contributed by atoms with Gasteiger partial charge in [-0.05, 0) is 31.9 Å². The molecule has 2 aromatic rings. The Morgan fingerprint density at radius 3 is 2.68 bits per heavy atom. The van der Waals surface area contributed by atoms with E-state index in [1.807, 2.05) is 6.92 Å². The summed E-state index contributed by atoms with van der Waals surface area (Å²) in [6.45, 7) is 6.23. The van der Waals surface area contributed by atoms with Crippen molar-refractivity contribution in [3.05, 3.63) is 49.4 Å². The van der Waals surface area contributed by atoms with E-state index in [1.165, 1.54) is 16.0 Å². The zero-order valence-electron chi connectivity index (χ0n) is 11.3. The van der Waals surface area contributed by atoms with E-state index in [4.69, 9.17) is 5.84 Å². The van der Waals surface area contributed by atoms with Crippen molar-refractivity contribution in [1.29, 1.82) is 0 Å². The number of hydrogen-bond donors (Lipinski definition) is 2. The van der Waals surface area contributed by atoms with Crippen LogP contribution in [0.3, 0.4) is 0 Å². The third-order valence-corrected chi connectivity index (χ3v) is 5.43. The predicted octanol–water partition coefficient (Wildman–Crippen LogP) is 3.58. The molecule has 3 nitrogen and oxygen atoms in total. The van der Waals surface area contributed by atoms with Crippen molar-refractivity contribution in [1.82, 2.24) is 10.4 Å². The van der Waals surface area contributed by atoms with Gasteiger partial charge in [0.25, 0.3) is 0 Å². The lowest BCUT2D eigenvalue weighted by molar-refractivity contribution is 0.548. The fourth-order valence-corrected chi connectivity index (χ4v) is 3.52. The molecule has 1 atom stereocenters. The lowest BCUT2D eigenvalue weighted by atomic mass is 10.0. The lowest BCUT2D eigenvalue weighted by Crippen LogP contribution is -2.30. The molecule has 0 amide bonds. The Bertz CT molecular complexity index is 561. The van der Waals surface area contributed by atoms with E-state index in [0.29, 0.717) is 0 Å². The van der Waals surface area contributed by atoms with Crippen molar-refractivity contribution < 1.29 is 0 Å². The first-order valence-corrected chi connectivity index (χ1v) is 7.78. The van der Waals surface area contributed by atoms with Crippen LogP contribution in [0.5, 0.6) is 0 Å². The van der Waals surface area contributed by atoms with Gasteiger partial charge in [0.15, 0.2) is 0 Å². The summed E-state index contributed by atoms with van der Waals surface area (Å²) in [5.74, 6) is 5.72. The van der Waals surface area contributed by atoms with E-state index < -0.39 is 0 Å². The first-order valence-electron chi connectivity index (χ1n) is 6.17. The van der Waals surface area contributed by atoms with Crippen LogP contribution >= 0.6 is 27.3 Å². The average Bonchev–Trinajstić information content (AvgIpc) is 2.69. The Morgan fingerprint density at radius 2 is 2.11 bits per heavy atom. The van der Waals surface area contributed by atoms with Crippen molar-refractivity contribution in [2.24, 2.45) is 5.84 Å². The van der Waals surface area contributed by atoms with Crippen LogP contribution in [0.4, 0.5) is 0 Å². The molecule has 0 radical (unpaired) electrons. The van der Waals surface area contributed by atoms with Gasteiger partial charge in [-0.3, -0.25) is 11.3 Å². The molecule has 1 aromatic heterocycles. The molecule has 0 aliphatic heterocycles. The second-order valence-corrected chi connectivity index (χ2v) is 6.73. The predicted molar refractivity (Wildman–Crippen MR) is 84.2 cm³/mol. The fraction of sp³-hybridized carbons (Fsp3) is 0.357. The minimum absolute atomic E-state index is 0.0687. The van der Waals surface area contributed by atoms with Crippen LogP contribution in [0, 0.1) is 20.8 Å². The molecule has 5 heteroatoms. The zero-order valence-corrected chi connectivity index (χ0v) is 13.7. The molecule has 2 rings (SSSR count). The van der Waals surface area contributed by atoms with Gasteiger partial charge in [-0.2, -0.15) is 0 Å². The van der Waals surface area contributed by atoms with E-state index >= 15 is 0 Å². The Morgan fingerprint density at radius 1 is 1.37 bits per heavy atom. The fourth-order valence-electron chi connectivity index (χ4n) is 2.00. The molecule has 0 saturated carbocycles. The number of thiazole rings is 1. The van der Waals surface area contributed by atoms with E-state index in [0.717, 1.165) is 21.6 Å². The highest BCUT2D eigenvalue weighted by molar-refractivity contribution is 9.10. The quantitative estimate of drug-likeness (QED) is 0.661. The van der Waals surface area contributed by atoms with Crippen LogP contribution in [-0.4, -0.2) is 4.98 Å². The molecule has 0 bridgehead atoms. The Hall–Kier alpha value is -0.750. The SMILES string of the molecule is Cc1cccc(C(Cc2nc(C)c(C)s2)NN)c1Br. The number of nitrogens with zero attached hydrogens (tertiary/aromatic N) is 1. The third-order valence-electron chi connectivity index (χ3n) is 3.25. The number of aromatic nitrogens is 1. The molecule has 1 unspecified atom stereocenters. The van der Waals surface area contributed by atoms with E-state index in [2.05, 4.69) is 58.4 Å². The van der Waals surface area contributed by atoms with Gasteiger partial charge in [-0.1, -0.05) is 34.1 Å². The summed E-state index contributed by atoms with van der Waals surface area (Å²) in [5.41, 5.74) is 6.40. The zero-order chi connectivity index (χ0) is 14.0. The summed E-state index contributed by atoms with van der Waals surface area (Å²) in [6, 6.07) is 6.30. The normalized spacial score (nSPS) is 12.7. The molecule has 0 aliphatic rings. The smallest absolute Gasteiger partial charge is 0.0950 e. The number of nitrogens with one attached hydrogen (secondary N) is 1. The molecule has 1 heterocycles. The maximum Gasteiger partial charge on any atom is 0.0950 e. The van der Waals surface area contributed by atoms with Gasteiger partial charge in [0.1, 0.15) is 0 Å². The van der Waals surface area contributed by atoms with E-state index in [9.17, 15) is 0 Å². The molecule has 0 spiro atoms. The second kappa shape index (κ2) is 6.13. The summed E-state index contributed by atoms with van der Waals surface area (Å²) in [6.07, 6.45) is 0.803. The van der Waals surface area contributed by atoms with Crippen molar-refractivity contribution in [2.45, 2.75) is 33.2 Å². The molecule has 1 aromatic carbocycles. The number of benzene rings is 1. The summed E-state index contributed by atoms with van der Waals surface area (Å²) in [4.78, 5) is 5.86. The Labute approximate surface area is 126 Å². The number of halogens is 1. The molecule has 0 saturated heterocycles.